The topological polar surface area (TPSA) is 53.4 Å². The number of carbonyl (C=O) groups excluding carboxylic acids is 1. The molecule has 1 N–H and O–H groups in total. The van der Waals surface area contributed by atoms with Gasteiger partial charge in [-0.2, -0.15) is 0 Å². The molecule has 1 atom stereocenters. The fourth-order valence-electron chi connectivity index (χ4n) is 4.32. The maximum Gasteiger partial charge on any atom is 0.246 e. The molecule has 0 bridgehead atoms. The van der Waals surface area contributed by atoms with Gasteiger partial charge in [0, 0.05) is 45.2 Å². The molecule has 0 fully saturated rings. The fourth-order valence-corrected chi connectivity index (χ4v) is 4.32. The summed E-state index contributed by atoms with van der Waals surface area (Å²) in [4.78, 5) is 16.3. The predicted molar refractivity (Wildman–Crippen MR) is 112 cm³/mol. The lowest BCUT2D eigenvalue weighted by molar-refractivity contribution is -0.126. The van der Waals surface area contributed by atoms with Crippen molar-refractivity contribution in [1.82, 2.24) is 20.0 Å². The van der Waals surface area contributed by atoms with Gasteiger partial charge >= 0.3 is 0 Å². The Morgan fingerprint density at radius 1 is 1.39 bits per heavy atom. The molecule has 1 aromatic carbocycles. The van der Waals surface area contributed by atoms with E-state index in [1.165, 1.54) is 22.9 Å². The zero-order valence-electron chi connectivity index (χ0n) is 16.8. The molecule has 1 amide bonds. The highest BCUT2D eigenvalue weighted by atomic mass is 16.2. The third-order valence-electron chi connectivity index (χ3n) is 5.75. The second-order valence-corrected chi connectivity index (χ2v) is 7.68. The van der Waals surface area contributed by atoms with Gasteiger partial charge in [-0.05, 0) is 30.2 Å². The SMILES string of the molecule is C=CC(=O)N1CCN(C)c2nn(-c3cccc(CCC)c3)c3c2C(C1)NCC3. The molecule has 2 aliphatic heterocycles. The highest BCUT2D eigenvalue weighted by molar-refractivity contribution is 5.87. The van der Waals surface area contributed by atoms with E-state index in [2.05, 4.69) is 59.7 Å². The van der Waals surface area contributed by atoms with Crippen LogP contribution < -0.4 is 10.2 Å². The summed E-state index contributed by atoms with van der Waals surface area (Å²) >= 11 is 0. The van der Waals surface area contributed by atoms with E-state index in [9.17, 15) is 4.79 Å². The van der Waals surface area contributed by atoms with Crippen LogP contribution in [0.1, 0.15) is 36.2 Å². The number of benzene rings is 1. The molecular formula is C22H29N5O. The summed E-state index contributed by atoms with van der Waals surface area (Å²) in [5.74, 6) is 1.02. The van der Waals surface area contributed by atoms with Crippen LogP contribution in [0.25, 0.3) is 5.69 Å². The summed E-state index contributed by atoms with van der Waals surface area (Å²) in [6.07, 6.45) is 4.55. The van der Waals surface area contributed by atoms with Crippen LogP contribution in [0.4, 0.5) is 5.82 Å². The van der Waals surface area contributed by atoms with Crippen molar-refractivity contribution < 1.29 is 4.79 Å². The smallest absolute Gasteiger partial charge is 0.246 e. The average Bonchev–Trinajstić information content (AvgIpc) is 3.10. The first-order chi connectivity index (χ1) is 13.6. The Morgan fingerprint density at radius 3 is 3.04 bits per heavy atom. The van der Waals surface area contributed by atoms with Gasteiger partial charge in [-0.25, -0.2) is 4.68 Å². The Balaban J connectivity index is 1.78. The largest absolute Gasteiger partial charge is 0.356 e. The number of hydrogen-bond donors (Lipinski definition) is 1. The van der Waals surface area contributed by atoms with Crippen LogP contribution in [0.2, 0.25) is 0 Å². The van der Waals surface area contributed by atoms with Gasteiger partial charge in [0.15, 0.2) is 5.82 Å². The quantitative estimate of drug-likeness (QED) is 0.830. The second kappa shape index (κ2) is 7.80. The van der Waals surface area contributed by atoms with Crippen LogP contribution in [0.15, 0.2) is 36.9 Å². The first kappa shape index (κ1) is 18.7. The van der Waals surface area contributed by atoms with Gasteiger partial charge in [0.25, 0.3) is 0 Å². The van der Waals surface area contributed by atoms with E-state index in [-0.39, 0.29) is 11.9 Å². The number of aromatic nitrogens is 2. The number of amides is 1. The van der Waals surface area contributed by atoms with E-state index in [0.29, 0.717) is 13.1 Å². The molecule has 3 heterocycles. The first-order valence-electron chi connectivity index (χ1n) is 10.2. The van der Waals surface area contributed by atoms with Gasteiger partial charge in [-0.15, -0.1) is 5.10 Å². The number of likely N-dealkylation sites (N-methyl/N-ethyl adjacent to an activating group) is 1. The molecule has 28 heavy (non-hydrogen) atoms. The van der Waals surface area contributed by atoms with Crippen molar-refractivity contribution in [3.8, 4) is 5.69 Å². The van der Waals surface area contributed by atoms with Gasteiger partial charge in [0.05, 0.1) is 17.4 Å². The molecular weight excluding hydrogens is 350 g/mol. The molecule has 0 saturated heterocycles. The number of hydrogen-bond acceptors (Lipinski definition) is 4. The number of rotatable bonds is 4. The summed E-state index contributed by atoms with van der Waals surface area (Å²) in [5.41, 5.74) is 4.96. The summed E-state index contributed by atoms with van der Waals surface area (Å²) in [5, 5.41) is 8.64. The van der Waals surface area contributed by atoms with E-state index < -0.39 is 0 Å². The Labute approximate surface area is 166 Å². The molecule has 0 radical (unpaired) electrons. The van der Waals surface area contributed by atoms with Crippen molar-refractivity contribution in [3.63, 3.8) is 0 Å². The van der Waals surface area contributed by atoms with Crippen molar-refractivity contribution in [3.05, 3.63) is 53.7 Å². The van der Waals surface area contributed by atoms with Crippen LogP contribution in [-0.4, -0.2) is 53.8 Å². The van der Waals surface area contributed by atoms with Crippen molar-refractivity contribution in [1.29, 1.82) is 0 Å². The van der Waals surface area contributed by atoms with E-state index >= 15 is 0 Å². The zero-order chi connectivity index (χ0) is 19.7. The lowest BCUT2D eigenvalue weighted by atomic mass is 9.98. The Kier molecular flexibility index (Phi) is 5.22. The molecule has 6 nitrogen and oxygen atoms in total. The highest BCUT2D eigenvalue weighted by Crippen LogP contribution is 2.35. The van der Waals surface area contributed by atoms with Crippen LogP contribution in [0.3, 0.4) is 0 Å². The predicted octanol–water partition coefficient (Wildman–Crippen LogP) is 2.48. The summed E-state index contributed by atoms with van der Waals surface area (Å²) in [6, 6.07) is 8.80. The molecule has 2 aromatic rings. The maximum absolute atomic E-state index is 12.3. The van der Waals surface area contributed by atoms with E-state index in [1.807, 2.05) is 4.90 Å². The molecule has 0 saturated carbocycles. The number of carbonyl (C=O) groups is 1. The number of nitrogens with zero attached hydrogens (tertiary/aromatic N) is 4. The highest BCUT2D eigenvalue weighted by Gasteiger charge is 2.34. The number of anilines is 1. The monoisotopic (exact) mass is 379 g/mol. The molecule has 1 unspecified atom stereocenters. The Morgan fingerprint density at radius 2 is 2.25 bits per heavy atom. The van der Waals surface area contributed by atoms with Crippen LogP contribution in [0.5, 0.6) is 0 Å². The van der Waals surface area contributed by atoms with Crippen LogP contribution in [0, 0.1) is 0 Å². The van der Waals surface area contributed by atoms with E-state index in [4.69, 9.17) is 5.10 Å². The molecule has 6 heteroatoms. The Bertz CT molecular complexity index is 887. The van der Waals surface area contributed by atoms with E-state index in [1.54, 1.807) is 0 Å². The standard InChI is InChI=1S/C22H29N5O/c1-4-7-16-8-6-9-17(14-16)27-19-10-11-23-18-15-26(20(28)5-2)13-12-25(3)22(24-27)21(18)19/h5-6,8-9,14,18,23H,2,4,7,10-13,15H2,1,3H3. The number of nitrogens with one attached hydrogen (secondary N) is 1. The maximum atomic E-state index is 12.3. The van der Waals surface area contributed by atoms with Crippen molar-refractivity contribution >= 4 is 11.7 Å². The first-order valence-corrected chi connectivity index (χ1v) is 10.2. The van der Waals surface area contributed by atoms with Crippen LogP contribution >= 0.6 is 0 Å². The Hall–Kier alpha value is -2.60. The minimum absolute atomic E-state index is 0.00886. The lowest BCUT2D eigenvalue weighted by Gasteiger charge is -2.35. The minimum Gasteiger partial charge on any atom is -0.356 e. The third-order valence-corrected chi connectivity index (χ3v) is 5.75. The average molecular weight is 380 g/mol. The van der Waals surface area contributed by atoms with Gasteiger partial charge in [-0.1, -0.05) is 32.1 Å². The van der Waals surface area contributed by atoms with Crippen molar-refractivity contribution in [2.24, 2.45) is 0 Å². The molecule has 0 aliphatic carbocycles. The molecule has 1 aromatic heterocycles. The molecule has 148 valence electrons. The third kappa shape index (κ3) is 3.33. The van der Waals surface area contributed by atoms with Crippen LogP contribution in [-0.2, 0) is 17.6 Å². The van der Waals surface area contributed by atoms with Gasteiger partial charge in [0.2, 0.25) is 5.91 Å². The summed E-state index contributed by atoms with van der Waals surface area (Å²) < 4.78 is 2.12. The lowest BCUT2D eigenvalue weighted by Crippen LogP contribution is -2.46. The molecule has 0 spiro atoms. The van der Waals surface area contributed by atoms with Crippen molar-refractivity contribution in [2.75, 3.05) is 38.1 Å². The molecule has 2 aliphatic rings. The van der Waals surface area contributed by atoms with Crippen molar-refractivity contribution in [2.45, 2.75) is 32.2 Å². The van der Waals surface area contributed by atoms with E-state index in [0.717, 1.165) is 43.9 Å². The normalized spacial score (nSPS) is 19.0. The fraction of sp³-hybridized carbons (Fsp3) is 0.455. The summed E-state index contributed by atoms with van der Waals surface area (Å²) in [6.45, 7) is 8.84. The summed E-state index contributed by atoms with van der Waals surface area (Å²) in [7, 11) is 2.06. The molecule has 4 rings (SSSR count). The van der Waals surface area contributed by atoms with Gasteiger partial charge < -0.3 is 15.1 Å². The van der Waals surface area contributed by atoms with Gasteiger partial charge in [0.1, 0.15) is 0 Å². The minimum atomic E-state index is -0.00886. The number of aryl methyl sites for hydroxylation is 1. The zero-order valence-corrected chi connectivity index (χ0v) is 16.8. The second-order valence-electron chi connectivity index (χ2n) is 7.68. The van der Waals surface area contributed by atoms with Gasteiger partial charge in [-0.3, -0.25) is 4.79 Å².